The molecule has 0 radical (unpaired) electrons. The van der Waals surface area contributed by atoms with Gasteiger partial charge in [0.2, 0.25) is 5.88 Å². The zero-order valence-electron chi connectivity index (χ0n) is 17.8. The quantitative estimate of drug-likeness (QED) is 0.297. The van der Waals surface area contributed by atoms with Crippen molar-refractivity contribution >= 4 is 5.91 Å². The fourth-order valence-corrected chi connectivity index (χ4v) is 3.52. The van der Waals surface area contributed by atoms with Gasteiger partial charge in [0.15, 0.2) is 0 Å². The van der Waals surface area contributed by atoms with Gasteiger partial charge in [-0.05, 0) is 42.5 Å². The number of amides is 1. The molecule has 2 atom stereocenters. The molecule has 0 fully saturated rings. The average Bonchev–Trinajstić information content (AvgIpc) is 3.07. The van der Waals surface area contributed by atoms with Crippen LogP contribution in [-0.4, -0.2) is 25.8 Å². The monoisotopic (exact) mass is 443 g/mol. The first-order valence-electron chi connectivity index (χ1n) is 10.3. The Balaban J connectivity index is 1.77. The number of carbonyl (C=O) groups is 1. The van der Waals surface area contributed by atoms with E-state index in [-0.39, 0.29) is 24.5 Å². The largest absolute Gasteiger partial charge is 0.493 e. The van der Waals surface area contributed by atoms with Crippen LogP contribution in [-0.2, 0) is 17.6 Å². The lowest BCUT2D eigenvalue weighted by atomic mass is 9.98. The standard InChI is InChI=1S/C23H26FN3O5/c1-3-14(2)20(21(28)26-31)27-22(29)19(25-23(27)30)12-10-15-9-11-17(13-18(15)24)32-16-7-5-4-6-8-16/h4-9,11,13-14,20,29,31H,3,10,12H2,1-2H3,(H,25,30)(H,26,28). The summed E-state index contributed by atoms with van der Waals surface area (Å²) < 4.78 is 21.1. The molecule has 2 aromatic carbocycles. The van der Waals surface area contributed by atoms with Crippen molar-refractivity contribution in [3.63, 3.8) is 0 Å². The number of aromatic amines is 1. The first-order valence-corrected chi connectivity index (χ1v) is 10.3. The Bertz CT molecular complexity index is 1130. The molecular formula is C23H26FN3O5. The van der Waals surface area contributed by atoms with Crippen LogP contribution in [0, 0.1) is 11.7 Å². The molecule has 0 spiro atoms. The molecule has 0 saturated carbocycles. The summed E-state index contributed by atoms with van der Waals surface area (Å²) in [6.07, 6.45) is 0.871. The maximum atomic E-state index is 14.6. The number of aromatic nitrogens is 2. The first kappa shape index (κ1) is 23.1. The minimum absolute atomic E-state index is 0.137. The molecule has 2 unspecified atom stereocenters. The fourth-order valence-electron chi connectivity index (χ4n) is 3.52. The van der Waals surface area contributed by atoms with E-state index in [4.69, 9.17) is 9.94 Å². The number of rotatable bonds is 9. The summed E-state index contributed by atoms with van der Waals surface area (Å²) in [5, 5.41) is 19.6. The molecule has 9 heteroatoms. The van der Waals surface area contributed by atoms with Crippen molar-refractivity contribution in [2.24, 2.45) is 5.92 Å². The van der Waals surface area contributed by atoms with Crippen LogP contribution < -0.4 is 15.9 Å². The topological polar surface area (TPSA) is 117 Å². The highest BCUT2D eigenvalue weighted by Gasteiger charge is 2.31. The second kappa shape index (κ2) is 10.1. The molecule has 0 aliphatic heterocycles. The van der Waals surface area contributed by atoms with Gasteiger partial charge in [0.1, 0.15) is 23.4 Å². The minimum Gasteiger partial charge on any atom is -0.493 e. The van der Waals surface area contributed by atoms with Gasteiger partial charge in [0.25, 0.3) is 5.91 Å². The Morgan fingerprint density at radius 3 is 2.53 bits per heavy atom. The normalized spacial score (nSPS) is 12.9. The van der Waals surface area contributed by atoms with E-state index in [9.17, 15) is 19.1 Å². The number of hydrogen-bond donors (Lipinski definition) is 4. The van der Waals surface area contributed by atoms with E-state index in [1.54, 1.807) is 36.7 Å². The van der Waals surface area contributed by atoms with Crippen molar-refractivity contribution in [2.45, 2.75) is 39.2 Å². The molecular weight excluding hydrogens is 417 g/mol. The summed E-state index contributed by atoms with van der Waals surface area (Å²) in [5.74, 6) is -1.07. The van der Waals surface area contributed by atoms with Crippen LogP contribution in [0.4, 0.5) is 4.39 Å². The van der Waals surface area contributed by atoms with Gasteiger partial charge >= 0.3 is 5.69 Å². The smallest absolute Gasteiger partial charge is 0.329 e. The number of aromatic hydroxyl groups is 1. The van der Waals surface area contributed by atoms with Crippen molar-refractivity contribution in [2.75, 3.05) is 0 Å². The van der Waals surface area contributed by atoms with E-state index in [1.165, 1.54) is 6.07 Å². The van der Waals surface area contributed by atoms with Crippen LogP contribution >= 0.6 is 0 Å². The molecule has 0 aliphatic rings. The third-order valence-electron chi connectivity index (χ3n) is 5.46. The van der Waals surface area contributed by atoms with E-state index in [0.717, 1.165) is 4.57 Å². The maximum absolute atomic E-state index is 14.6. The van der Waals surface area contributed by atoms with Crippen molar-refractivity contribution in [1.29, 1.82) is 0 Å². The van der Waals surface area contributed by atoms with E-state index < -0.39 is 29.3 Å². The SMILES string of the molecule is CCC(C)C(C(=O)NO)n1c(O)c(CCc2ccc(Oc3ccccc3)cc2F)[nH]c1=O. The molecule has 0 bridgehead atoms. The number of hydroxylamine groups is 1. The fraction of sp³-hybridized carbons (Fsp3) is 0.304. The summed E-state index contributed by atoms with van der Waals surface area (Å²) in [4.78, 5) is 27.1. The first-order chi connectivity index (χ1) is 15.3. The van der Waals surface area contributed by atoms with Crippen LogP contribution in [0.2, 0.25) is 0 Å². The third-order valence-corrected chi connectivity index (χ3v) is 5.46. The number of nitrogens with one attached hydrogen (secondary N) is 2. The second-order valence-corrected chi connectivity index (χ2v) is 7.58. The average molecular weight is 443 g/mol. The van der Waals surface area contributed by atoms with Gasteiger partial charge in [-0.3, -0.25) is 14.6 Å². The van der Waals surface area contributed by atoms with Crippen molar-refractivity contribution in [3.8, 4) is 17.4 Å². The highest BCUT2D eigenvalue weighted by molar-refractivity contribution is 5.79. The van der Waals surface area contributed by atoms with Gasteiger partial charge in [-0.25, -0.2) is 14.7 Å². The number of H-pyrrole nitrogens is 1. The lowest BCUT2D eigenvalue weighted by Gasteiger charge is -2.22. The zero-order chi connectivity index (χ0) is 23.3. The molecule has 8 nitrogen and oxygen atoms in total. The van der Waals surface area contributed by atoms with E-state index in [0.29, 0.717) is 23.5 Å². The van der Waals surface area contributed by atoms with Crippen molar-refractivity contribution < 1.29 is 24.2 Å². The number of carbonyl (C=O) groups excluding carboxylic acids is 1. The summed E-state index contributed by atoms with van der Waals surface area (Å²) in [6, 6.07) is 12.4. The Morgan fingerprint density at radius 2 is 1.91 bits per heavy atom. The molecule has 3 rings (SSSR count). The summed E-state index contributed by atoms with van der Waals surface area (Å²) in [7, 11) is 0. The number of nitrogens with zero attached hydrogens (tertiary/aromatic N) is 1. The molecule has 1 amide bonds. The highest BCUT2D eigenvalue weighted by Crippen LogP contribution is 2.28. The zero-order valence-corrected chi connectivity index (χ0v) is 17.8. The Hall–Kier alpha value is -3.59. The maximum Gasteiger partial charge on any atom is 0.329 e. The van der Waals surface area contributed by atoms with Gasteiger partial charge in [-0.1, -0.05) is 44.5 Å². The lowest BCUT2D eigenvalue weighted by molar-refractivity contribution is -0.134. The van der Waals surface area contributed by atoms with Crippen LogP contribution in [0.1, 0.15) is 37.6 Å². The van der Waals surface area contributed by atoms with Gasteiger partial charge in [0.05, 0.1) is 5.69 Å². The molecule has 0 aliphatic carbocycles. The minimum atomic E-state index is -1.09. The Morgan fingerprint density at radius 1 is 1.19 bits per heavy atom. The number of benzene rings is 2. The van der Waals surface area contributed by atoms with Crippen LogP contribution in [0.15, 0.2) is 53.3 Å². The number of halogens is 1. The molecule has 1 aromatic heterocycles. The van der Waals surface area contributed by atoms with E-state index >= 15 is 0 Å². The van der Waals surface area contributed by atoms with Gasteiger partial charge in [-0.2, -0.15) is 0 Å². The summed E-state index contributed by atoms with van der Waals surface area (Å²) in [6.45, 7) is 3.55. The van der Waals surface area contributed by atoms with E-state index in [1.807, 2.05) is 25.1 Å². The number of aryl methyl sites for hydroxylation is 2. The molecule has 4 N–H and O–H groups in total. The predicted molar refractivity (Wildman–Crippen MR) is 115 cm³/mol. The predicted octanol–water partition coefficient (Wildman–Crippen LogP) is 3.69. The molecule has 3 aromatic rings. The van der Waals surface area contributed by atoms with Crippen molar-refractivity contribution in [1.82, 2.24) is 15.0 Å². The molecule has 170 valence electrons. The number of imidazole rings is 1. The summed E-state index contributed by atoms with van der Waals surface area (Å²) >= 11 is 0. The highest BCUT2D eigenvalue weighted by atomic mass is 19.1. The van der Waals surface area contributed by atoms with Crippen LogP contribution in [0.3, 0.4) is 0 Å². The third kappa shape index (κ3) is 5.00. The second-order valence-electron chi connectivity index (χ2n) is 7.58. The number of hydrogen-bond acceptors (Lipinski definition) is 5. The molecule has 1 heterocycles. The Labute approximate surface area is 184 Å². The summed E-state index contributed by atoms with van der Waals surface area (Å²) in [5.41, 5.74) is 1.42. The number of ether oxygens (including phenoxy) is 1. The Kier molecular flexibility index (Phi) is 7.32. The van der Waals surface area contributed by atoms with E-state index in [2.05, 4.69) is 4.98 Å². The van der Waals surface area contributed by atoms with Crippen molar-refractivity contribution in [3.05, 3.63) is 76.1 Å². The molecule has 32 heavy (non-hydrogen) atoms. The lowest BCUT2D eigenvalue weighted by Crippen LogP contribution is -2.38. The van der Waals surface area contributed by atoms with Gasteiger partial charge < -0.3 is 14.8 Å². The molecule has 0 saturated heterocycles. The van der Waals surface area contributed by atoms with Crippen LogP contribution in [0.25, 0.3) is 0 Å². The van der Waals surface area contributed by atoms with Gasteiger partial charge in [0, 0.05) is 6.07 Å². The number of para-hydroxylation sites is 1. The van der Waals surface area contributed by atoms with Gasteiger partial charge in [-0.15, -0.1) is 0 Å². The van der Waals surface area contributed by atoms with Crippen LogP contribution in [0.5, 0.6) is 17.4 Å².